The molecule has 7 heteroatoms. The van der Waals surface area contributed by atoms with Gasteiger partial charge in [0, 0.05) is 26.2 Å². The van der Waals surface area contributed by atoms with E-state index in [1.165, 1.54) is 16.0 Å². The van der Waals surface area contributed by atoms with Crippen LogP contribution in [0.1, 0.15) is 16.6 Å². The molecule has 0 unspecified atom stereocenters. The summed E-state index contributed by atoms with van der Waals surface area (Å²) in [6, 6.07) is 20.2. The lowest BCUT2D eigenvalue weighted by Crippen LogP contribution is -2.48. The number of aromatic nitrogens is 1. The van der Waals surface area contributed by atoms with Gasteiger partial charge in [0.1, 0.15) is 10.8 Å². The van der Waals surface area contributed by atoms with Crippen molar-refractivity contribution >= 4 is 44.5 Å². The van der Waals surface area contributed by atoms with E-state index in [2.05, 4.69) is 17.0 Å². The quantitative estimate of drug-likeness (QED) is 0.410. The predicted octanol–water partition coefficient (Wildman–Crippen LogP) is 5.39. The second-order valence-corrected chi connectivity index (χ2v) is 9.45. The van der Waals surface area contributed by atoms with Crippen molar-refractivity contribution in [1.29, 1.82) is 0 Å². The number of piperazine rings is 1. The van der Waals surface area contributed by atoms with Crippen LogP contribution in [-0.4, -0.2) is 48.6 Å². The van der Waals surface area contributed by atoms with Crippen LogP contribution in [0, 0.1) is 0 Å². The lowest BCUT2D eigenvalue weighted by atomic mass is 10.2. The third kappa shape index (κ3) is 4.03. The Balaban J connectivity index is 1.27. The molecule has 4 aromatic rings. The minimum atomic E-state index is 0.107. The molecule has 5 nitrogen and oxygen atoms in total. The number of anilines is 1. The van der Waals surface area contributed by atoms with Crippen molar-refractivity contribution in [3.63, 3.8) is 0 Å². The lowest BCUT2D eigenvalue weighted by Gasteiger charge is -2.36. The van der Waals surface area contributed by atoms with Gasteiger partial charge in [0.05, 0.1) is 32.3 Å². The topological polar surface area (TPSA) is 45.7 Å². The first-order chi connectivity index (χ1) is 15.2. The molecule has 1 amide bonds. The molecular formula is C24H23N3O2S2. The first-order valence-corrected chi connectivity index (χ1v) is 12.1. The summed E-state index contributed by atoms with van der Waals surface area (Å²) in [5, 5.41) is 0.975. The van der Waals surface area contributed by atoms with Crippen LogP contribution in [0.4, 0.5) is 5.69 Å². The molecule has 1 aliphatic heterocycles. The number of rotatable bonds is 5. The highest BCUT2D eigenvalue weighted by Gasteiger charge is 2.25. The van der Waals surface area contributed by atoms with Gasteiger partial charge in [-0.3, -0.25) is 4.79 Å². The average Bonchev–Trinajstić information content (AvgIpc) is 3.47. The van der Waals surface area contributed by atoms with Gasteiger partial charge in [-0.05, 0) is 43.3 Å². The summed E-state index contributed by atoms with van der Waals surface area (Å²) >= 11 is 3.20. The van der Waals surface area contributed by atoms with Crippen LogP contribution in [-0.2, 0) is 0 Å². The zero-order valence-electron chi connectivity index (χ0n) is 17.3. The number of hydrogen-bond acceptors (Lipinski definition) is 6. The Hall–Kier alpha value is -2.90. The molecule has 0 bridgehead atoms. The van der Waals surface area contributed by atoms with Gasteiger partial charge < -0.3 is 14.5 Å². The number of para-hydroxylation sites is 3. The average molecular weight is 450 g/mol. The summed E-state index contributed by atoms with van der Waals surface area (Å²) < 4.78 is 6.94. The Kier molecular flexibility index (Phi) is 5.61. The number of hydrogen-bond donors (Lipinski definition) is 0. The van der Waals surface area contributed by atoms with Gasteiger partial charge >= 0.3 is 0 Å². The fourth-order valence-corrected chi connectivity index (χ4v) is 5.84. The summed E-state index contributed by atoms with van der Waals surface area (Å²) in [5.74, 6) is 1.01. The molecule has 31 heavy (non-hydrogen) atoms. The van der Waals surface area contributed by atoms with Crippen LogP contribution in [0.25, 0.3) is 20.1 Å². The van der Waals surface area contributed by atoms with Crippen LogP contribution in [0.2, 0.25) is 0 Å². The molecule has 1 saturated heterocycles. The number of benzene rings is 2. The molecule has 1 aliphatic rings. The number of nitrogens with zero attached hydrogens (tertiary/aromatic N) is 3. The van der Waals surface area contributed by atoms with E-state index >= 15 is 0 Å². The van der Waals surface area contributed by atoms with Crippen LogP contribution >= 0.6 is 22.7 Å². The summed E-state index contributed by atoms with van der Waals surface area (Å²) in [6.07, 6.45) is 0. The number of fused-ring (bicyclic) bond motifs is 1. The third-order valence-corrected chi connectivity index (χ3v) is 7.67. The molecule has 5 rings (SSSR count). The maximum Gasteiger partial charge on any atom is 0.264 e. The van der Waals surface area contributed by atoms with Gasteiger partial charge in [-0.25, -0.2) is 4.98 Å². The third-order valence-electron chi connectivity index (χ3n) is 5.39. The summed E-state index contributed by atoms with van der Waals surface area (Å²) in [5.41, 5.74) is 2.11. The molecule has 3 heterocycles. The summed E-state index contributed by atoms with van der Waals surface area (Å²) in [4.78, 5) is 23.9. The monoisotopic (exact) mass is 449 g/mol. The van der Waals surface area contributed by atoms with Crippen LogP contribution in [0.3, 0.4) is 0 Å². The van der Waals surface area contributed by atoms with Crippen molar-refractivity contribution in [1.82, 2.24) is 9.88 Å². The van der Waals surface area contributed by atoms with E-state index in [0.717, 1.165) is 44.8 Å². The van der Waals surface area contributed by atoms with E-state index in [1.54, 1.807) is 11.3 Å². The fourth-order valence-electron chi connectivity index (χ4n) is 3.85. The largest absolute Gasteiger partial charge is 0.492 e. The van der Waals surface area contributed by atoms with Gasteiger partial charge in [-0.15, -0.1) is 22.7 Å². The minimum absolute atomic E-state index is 0.107. The number of ether oxygens (including phenoxy) is 1. The van der Waals surface area contributed by atoms with Gasteiger partial charge in [0.2, 0.25) is 0 Å². The second-order valence-electron chi connectivity index (χ2n) is 7.33. The Morgan fingerprint density at radius 1 is 0.968 bits per heavy atom. The van der Waals surface area contributed by atoms with E-state index in [-0.39, 0.29) is 5.91 Å². The van der Waals surface area contributed by atoms with Gasteiger partial charge in [0.25, 0.3) is 5.91 Å². The summed E-state index contributed by atoms with van der Waals surface area (Å²) in [6.45, 7) is 5.64. The van der Waals surface area contributed by atoms with Gasteiger partial charge in [-0.1, -0.05) is 24.3 Å². The van der Waals surface area contributed by atoms with Crippen molar-refractivity contribution in [3.8, 4) is 15.6 Å². The first-order valence-electron chi connectivity index (χ1n) is 10.4. The Morgan fingerprint density at radius 3 is 2.55 bits per heavy atom. The second kappa shape index (κ2) is 8.69. The van der Waals surface area contributed by atoms with Gasteiger partial charge in [-0.2, -0.15) is 0 Å². The number of thiophene rings is 1. The molecule has 158 valence electrons. The number of carbonyl (C=O) groups is 1. The van der Waals surface area contributed by atoms with Crippen LogP contribution < -0.4 is 9.64 Å². The smallest absolute Gasteiger partial charge is 0.264 e. The molecular weight excluding hydrogens is 426 g/mol. The van der Waals surface area contributed by atoms with Crippen molar-refractivity contribution in [2.24, 2.45) is 0 Å². The van der Waals surface area contributed by atoms with Crippen molar-refractivity contribution in [2.75, 3.05) is 37.7 Å². The molecule has 0 N–H and O–H groups in total. The zero-order chi connectivity index (χ0) is 21.2. The van der Waals surface area contributed by atoms with Crippen molar-refractivity contribution in [2.45, 2.75) is 6.92 Å². The first kappa shape index (κ1) is 20.0. The number of amides is 1. The van der Waals surface area contributed by atoms with Crippen LogP contribution in [0.5, 0.6) is 5.75 Å². The molecule has 0 saturated carbocycles. The molecule has 0 atom stereocenters. The van der Waals surface area contributed by atoms with E-state index in [0.29, 0.717) is 19.7 Å². The normalized spacial score (nSPS) is 14.2. The van der Waals surface area contributed by atoms with Crippen molar-refractivity contribution < 1.29 is 9.53 Å². The lowest BCUT2D eigenvalue weighted by molar-refractivity contribution is 0.0751. The number of carbonyl (C=O) groups excluding carboxylic acids is 1. The molecule has 0 spiro atoms. The van der Waals surface area contributed by atoms with Crippen LogP contribution in [0.15, 0.2) is 60.7 Å². The standard InChI is InChI=1S/C24H23N3O2S2/c1-2-29-19-9-5-4-8-18(19)26-13-15-27(16-14-26)24(28)22-12-11-21(30-22)23-25-17-7-3-6-10-20(17)31-23/h3-12H,2,13-16H2,1H3. The zero-order valence-corrected chi connectivity index (χ0v) is 18.9. The van der Waals surface area contributed by atoms with Crippen molar-refractivity contribution in [3.05, 3.63) is 65.5 Å². The Labute approximate surface area is 189 Å². The predicted molar refractivity (Wildman–Crippen MR) is 129 cm³/mol. The molecule has 1 fully saturated rings. The fraction of sp³-hybridized carbons (Fsp3) is 0.250. The number of thiazole rings is 1. The highest BCUT2D eigenvalue weighted by molar-refractivity contribution is 7.26. The summed E-state index contributed by atoms with van der Waals surface area (Å²) in [7, 11) is 0. The highest BCUT2D eigenvalue weighted by atomic mass is 32.1. The minimum Gasteiger partial charge on any atom is -0.492 e. The van der Waals surface area contributed by atoms with Gasteiger partial charge in [0.15, 0.2) is 0 Å². The van der Waals surface area contributed by atoms with E-state index in [1.807, 2.05) is 60.4 Å². The molecule has 2 aromatic heterocycles. The maximum atomic E-state index is 13.1. The molecule has 2 aromatic carbocycles. The van der Waals surface area contributed by atoms with E-state index in [4.69, 9.17) is 9.72 Å². The Morgan fingerprint density at radius 2 is 1.74 bits per heavy atom. The highest BCUT2D eigenvalue weighted by Crippen LogP contribution is 2.35. The SMILES string of the molecule is CCOc1ccccc1N1CCN(C(=O)c2ccc(-c3nc4ccccc4s3)s2)CC1. The molecule has 0 radical (unpaired) electrons. The van der Waals surface area contributed by atoms with E-state index in [9.17, 15) is 4.79 Å². The molecule has 0 aliphatic carbocycles. The van der Waals surface area contributed by atoms with E-state index < -0.39 is 0 Å². The Bertz CT molecular complexity index is 1180. The maximum absolute atomic E-state index is 13.1.